The molecule has 0 bridgehead atoms. The van der Waals surface area contributed by atoms with Crippen molar-refractivity contribution in [3.63, 3.8) is 0 Å². The maximum Gasteiger partial charge on any atom is 0.502 e. The van der Waals surface area contributed by atoms with Crippen molar-refractivity contribution in [1.29, 1.82) is 0 Å². The van der Waals surface area contributed by atoms with Gasteiger partial charge in [0, 0.05) is 33.6 Å². The minimum atomic E-state index is -7.19. The van der Waals surface area contributed by atoms with Crippen LogP contribution in [0.15, 0.2) is 168 Å². The Bertz CT molecular complexity index is 3700. The Labute approximate surface area is 372 Å². The summed E-state index contributed by atoms with van der Waals surface area (Å²) in [5.74, 6) is 10.7. The highest BCUT2D eigenvalue weighted by atomic mass is 32.3. The van der Waals surface area contributed by atoms with Crippen LogP contribution in [-0.4, -0.2) is 27.9 Å². The average molecular weight is 923 g/mol. The molecule has 0 aliphatic carbocycles. The number of nitrogens with one attached hydrogen (secondary N) is 2. The van der Waals surface area contributed by atoms with Gasteiger partial charge in [0.05, 0.1) is 0 Å². The van der Waals surface area contributed by atoms with Gasteiger partial charge in [0.15, 0.2) is 0 Å². The fraction of sp³-hybridized carbons (Fsp3) is 0.0385. The van der Waals surface area contributed by atoms with Crippen LogP contribution in [0.1, 0.15) is 22.3 Å². The van der Waals surface area contributed by atoms with E-state index >= 15 is 0 Å². The number of alkyl halides is 6. The van der Waals surface area contributed by atoms with Gasteiger partial charge in [0.25, 0.3) is 19.7 Å². The van der Waals surface area contributed by atoms with Gasteiger partial charge >= 0.3 is 11.0 Å². The smallest absolute Gasteiger partial charge is 0.340 e. The van der Waals surface area contributed by atoms with Gasteiger partial charge in [-0.15, -0.1) is 0 Å². The first-order valence-corrected chi connectivity index (χ1v) is 22.9. The third-order valence-corrected chi connectivity index (χ3v) is 15.3. The van der Waals surface area contributed by atoms with Crippen LogP contribution in [-0.2, 0) is 19.7 Å². The Morgan fingerprint density at radius 3 is 1.05 bits per heavy atom. The SMILES string of the molecule is O=S(=O)(C(=C(Nc1ccc(C#Cc2ccc3ccc4cccc5ccc2c3c45)cc1)Nc1ccc(C#Cc2ccc3ccc4cccc5ccc2c3c45)cc1)S(=O)(=O)C(F)(F)F)C(F)(F)F. The van der Waals surface area contributed by atoms with Crippen LogP contribution in [0.4, 0.5) is 37.7 Å². The summed E-state index contributed by atoms with van der Waals surface area (Å²) in [5.41, 5.74) is -11.3. The average Bonchev–Trinajstić information content (AvgIpc) is 3.29. The van der Waals surface area contributed by atoms with E-state index in [0.29, 0.717) is 22.3 Å². The van der Waals surface area contributed by atoms with E-state index in [0.717, 1.165) is 64.6 Å². The highest BCUT2D eigenvalue weighted by molar-refractivity contribution is 8.15. The van der Waals surface area contributed by atoms with Crippen molar-refractivity contribution in [3.05, 3.63) is 190 Å². The van der Waals surface area contributed by atoms with E-state index in [4.69, 9.17) is 0 Å². The predicted molar refractivity (Wildman–Crippen MR) is 249 cm³/mol. The second-order valence-electron chi connectivity index (χ2n) is 15.4. The largest absolute Gasteiger partial charge is 0.502 e. The molecule has 0 aliphatic rings. The molecular weight excluding hydrogens is 895 g/mol. The van der Waals surface area contributed by atoms with Crippen molar-refractivity contribution in [1.82, 2.24) is 0 Å². The van der Waals surface area contributed by atoms with Gasteiger partial charge in [0.1, 0.15) is 5.82 Å². The molecule has 0 saturated heterocycles. The molecule has 66 heavy (non-hydrogen) atoms. The van der Waals surface area contributed by atoms with E-state index in [1.807, 2.05) is 109 Å². The molecule has 0 radical (unpaired) electrons. The highest BCUT2D eigenvalue weighted by Crippen LogP contribution is 2.42. The van der Waals surface area contributed by atoms with Crippen molar-refractivity contribution < 1.29 is 43.2 Å². The molecule has 0 aromatic heterocycles. The van der Waals surface area contributed by atoms with Crippen molar-refractivity contribution in [2.75, 3.05) is 10.6 Å². The fourth-order valence-electron chi connectivity index (χ4n) is 8.29. The summed E-state index contributed by atoms with van der Waals surface area (Å²) in [6.07, 6.45) is 0. The van der Waals surface area contributed by atoms with Gasteiger partial charge in [-0.05, 0) is 125 Å². The molecule has 0 atom stereocenters. The number of hydrogen-bond acceptors (Lipinski definition) is 6. The first-order chi connectivity index (χ1) is 31.5. The van der Waals surface area contributed by atoms with Crippen LogP contribution >= 0.6 is 0 Å². The highest BCUT2D eigenvalue weighted by Gasteiger charge is 2.61. The lowest BCUT2D eigenvalue weighted by Crippen LogP contribution is -2.37. The second-order valence-corrected chi connectivity index (χ2v) is 19.4. The van der Waals surface area contributed by atoms with Gasteiger partial charge in [0.2, 0.25) is 4.24 Å². The van der Waals surface area contributed by atoms with Crippen LogP contribution < -0.4 is 10.6 Å². The monoisotopic (exact) mass is 922 g/mol. The maximum absolute atomic E-state index is 14.1. The standard InChI is InChI=1S/C52H28F6N2O4S2/c53-51(54,55)65(61,62)50(66(63,64)52(56,57)58)49(59-41-25-9-31(10-26-41)7-13-33-15-17-39-21-19-35-3-1-5-37-23-29-43(33)47(39)45(35)37)60-42-27-11-32(12-28-42)8-14-34-16-18-40-22-20-36-4-2-6-38-24-30-44(34)48(40)46(36)38/h1-6,9-12,15-30,59-60H. The molecule has 10 aromatic carbocycles. The summed E-state index contributed by atoms with van der Waals surface area (Å²) >= 11 is 0. The van der Waals surface area contributed by atoms with Gasteiger partial charge < -0.3 is 10.6 Å². The lowest BCUT2D eigenvalue weighted by Gasteiger charge is -2.21. The van der Waals surface area contributed by atoms with Crippen molar-refractivity contribution in [2.24, 2.45) is 0 Å². The zero-order chi connectivity index (χ0) is 46.2. The summed E-state index contributed by atoms with van der Waals surface area (Å²) in [4.78, 5) is 0. The van der Waals surface area contributed by atoms with Crippen LogP contribution in [0.2, 0.25) is 0 Å². The third-order valence-electron chi connectivity index (χ3n) is 11.4. The quantitative estimate of drug-likeness (QED) is 0.0980. The Balaban J connectivity index is 0.989. The van der Waals surface area contributed by atoms with Gasteiger partial charge in [-0.2, -0.15) is 26.3 Å². The Morgan fingerprint density at radius 1 is 0.379 bits per heavy atom. The van der Waals surface area contributed by atoms with Crippen molar-refractivity contribution in [3.8, 4) is 23.7 Å². The molecule has 0 spiro atoms. The Morgan fingerprint density at radius 2 is 0.697 bits per heavy atom. The Hall–Kier alpha value is -7.78. The zero-order valence-corrected chi connectivity index (χ0v) is 35.4. The summed E-state index contributed by atoms with van der Waals surface area (Å²) in [7, 11) is -14.4. The summed E-state index contributed by atoms with van der Waals surface area (Å²) in [5, 5.41) is 16.7. The maximum atomic E-state index is 14.1. The van der Waals surface area contributed by atoms with Gasteiger partial charge in [-0.3, -0.25) is 0 Å². The first-order valence-electron chi connectivity index (χ1n) is 20.0. The van der Waals surface area contributed by atoms with E-state index in [-0.39, 0.29) is 11.4 Å². The first kappa shape index (κ1) is 42.2. The van der Waals surface area contributed by atoms with E-state index < -0.39 is 40.7 Å². The minimum absolute atomic E-state index is 0.270. The molecule has 0 heterocycles. The van der Waals surface area contributed by atoms with Crippen LogP contribution in [0.3, 0.4) is 0 Å². The van der Waals surface area contributed by atoms with Crippen LogP contribution in [0.25, 0.3) is 64.6 Å². The number of anilines is 2. The lowest BCUT2D eigenvalue weighted by atomic mass is 9.92. The number of rotatable bonds is 6. The second kappa shape index (κ2) is 15.4. The summed E-state index contributed by atoms with van der Waals surface area (Å²) < 4.78 is 133. The molecule has 0 unspecified atom stereocenters. The summed E-state index contributed by atoms with van der Waals surface area (Å²) in [6, 6.07) is 46.1. The van der Waals surface area contributed by atoms with Gasteiger partial charge in [-0.1, -0.05) is 121 Å². The number of halogens is 6. The van der Waals surface area contributed by atoms with E-state index in [9.17, 15) is 43.2 Å². The number of hydrogen-bond donors (Lipinski definition) is 2. The van der Waals surface area contributed by atoms with E-state index in [1.54, 1.807) is 0 Å². The molecule has 14 heteroatoms. The van der Waals surface area contributed by atoms with Crippen molar-refractivity contribution in [2.45, 2.75) is 11.0 Å². The van der Waals surface area contributed by atoms with Crippen LogP contribution in [0, 0.1) is 23.7 Å². The summed E-state index contributed by atoms with van der Waals surface area (Å²) in [6.45, 7) is 0. The number of sulfone groups is 2. The molecular formula is C52H28F6N2O4S2. The zero-order valence-electron chi connectivity index (χ0n) is 33.7. The van der Waals surface area contributed by atoms with E-state index in [2.05, 4.69) is 34.3 Å². The van der Waals surface area contributed by atoms with Crippen molar-refractivity contribution >= 4 is 95.7 Å². The molecule has 0 fully saturated rings. The molecule has 324 valence electrons. The molecule has 2 N–H and O–H groups in total. The predicted octanol–water partition coefficient (Wildman–Crippen LogP) is 12.8. The topological polar surface area (TPSA) is 92.3 Å². The third kappa shape index (κ3) is 7.21. The molecule has 0 aliphatic heterocycles. The minimum Gasteiger partial charge on any atom is -0.340 e. The molecule has 0 saturated carbocycles. The van der Waals surface area contributed by atoms with Gasteiger partial charge in [-0.25, -0.2) is 16.8 Å². The molecule has 6 nitrogen and oxygen atoms in total. The normalized spacial score (nSPS) is 12.4. The van der Waals surface area contributed by atoms with E-state index in [1.165, 1.54) is 48.5 Å². The fourth-order valence-corrected chi connectivity index (χ4v) is 11.2. The number of benzene rings is 10. The molecule has 0 amide bonds. The molecule has 10 rings (SSSR count). The van der Waals surface area contributed by atoms with Crippen LogP contribution in [0.5, 0.6) is 0 Å². The molecule has 10 aromatic rings. The Kier molecular flexibility index (Phi) is 9.87. The lowest BCUT2D eigenvalue weighted by molar-refractivity contribution is -0.0444.